The van der Waals surface area contributed by atoms with Crippen LogP contribution in [0.2, 0.25) is 0 Å². The molecule has 0 bridgehead atoms. The number of carbonyl (C=O) groups is 1. The Hall–Kier alpha value is -0.580. The highest BCUT2D eigenvalue weighted by molar-refractivity contribution is 14.1. The van der Waals surface area contributed by atoms with Crippen LogP contribution in [0.1, 0.15) is 29.8 Å². The van der Waals surface area contributed by atoms with Crippen molar-refractivity contribution in [3.8, 4) is 0 Å². The molecule has 1 aromatic carbocycles. The molecular weight excluding hydrogens is 301 g/mol. The van der Waals surface area contributed by atoms with Gasteiger partial charge in [-0.1, -0.05) is 34.7 Å². The molecule has 0 radical (unpaired) electrons. The van der Waals surface area contributed by atoms with E-state index in [9.17, 15) is 4.79 Å². The number of alkyl halides is 1. The molecule has 0 aromatic heterocycles. The predicted octanol–water partition coefficient (Wildman–Crippen LogP) is 3.10. The van der Waals surface area contributed by atoms with Gasteiger partial charge in [-0.3, -0.25) is 4.79 Å². The van der Waals surface area contributed by atoms with Crippen LogP contribution in [-0.2, 0) is 4.43 Å². The van der Waals surface area contributed by atoms with Gasteiger partial charge < -0.3 is 4.90 Å². The SMILES string of the molecule is CC(C)N(C)C(=O)c1cccc(CI)c1. The second-order valence-electron chi connectivity index (χ2n) is 3.84. The van der Waals surface area contributed by atoms with Crippen LogP contribution in [0.3, 0.4) is 0 Å². The maximum atomic E-state index is 12.0. The summed E-state index contributed by atoms with van der Waals surface area (Å²) in [5, 5.41) is 0. The average molecular weight is 317 g/mol. The van der Waals surface area contributed by atoms with Gasteiger partial charge in [0.2, 0.25) is 0 Å². The molecule has 15 heavy (non-hydrogen) atoms. The third-order valence-corrected chi connectivity index (χ3v) is 3.30. The van der Waals surface area contributed by atoms with E-state index in [2.05, 4.69) is 22.6 Å². The largest absolute Gasteiger partial charge is 0.339 e. The van der Waals surface area contributed by atoms with E-state index >= 15 is 0 Å². The monoisotopic (exact) mass is 317 g/mol. The van der Waals surface area contributed by atoms with Crippen LogP contribution in [0.5, 0.6) is 0 Å². The molecule has 3 heteroatoms. The van der Waals surface area contributed by atoms with E-state index in [4.69, 9.17) is 0 Å². The summed E-state index contributed by atoms with van der Waals surface area (Å²) < 4.78 is 0.935. The fourth-order valence-electron chi connectivity index (χ4n) is 1.23. The topological polar surface area (TPSA) is 20.3 Å². The Balaban J connectivity index is 2.91. The van der Waals surface area contributed by atoms with Gasteiger partial charge in [0.1, 0.15) is 0 Å². The number of benzene rings is 1. The molecule has 0 saturated carbocycles. The molecule has 0 heterocycles. The van der Waals surface area contributed by atoms with Crippen LogP contribution >= 0.6 is 22.6 Å². The number of rotatable bonds is 3. The first-order valence-corrected chi connectivity index (χ1v) is 6.51. The van der Waals surface area contributed by atoms with Crippen molar-refractivity contribution in [2.24, 2.45) is 0 Å². The summed E-state index contributed by atoms with van der Waals surface area (Å²) in [5.41, 5.74) is 1.97. The second-order valence-corrected chi connectivity index (χ2v) is 4.61. The average Bonchev–Trinajstić information content (AvgIpc) is 2.27. The summed E-state index contributed by atoms with van der Waals surface area (Å²) >= 11 is 2.30. The molecule has 0 unspecified atom stereocenters. The molecule has 0 atom stereocenters. The lowest BCUT2D eigenvalue weighted by Gasteiger charge is -2.21. The zero-order chi connectivity index (χ0) is 11.4. The van der Waals surface area contributed by atoms with E-state index in [-0.39, 0.29) is 11.9 Å². The van der Waals surface area contributed by atoms with E-state index in [1.165, 1.54) is 5.56 Å². The Kier molecular flexibility index (Phi) is 4.57. The Morgan fingerprint density at radius 1 is 1.47 bits per heavy atom. The van der Waals surface area contributed by atoms with Crippen LogP contribution in [-0.4, -0.2) is 23.9 Å². The van der Waals surface area contributed by atoms with Gasteiger partial charge in [0.25, 0.3) is 5.91 Å². The molecule has 82 valence electrons. The van der Waals surface area contributed by atoms with Crippen LogP contribution in [0, 0.1) is 0 Å². The molecule has 1 amide bonds. The standard InChI is InChI=1S/C12H16INO/c1-9(2)14(3)12(15)11-6-4-5-10(7-11)8-13/h4-7,9H,8H2,1-3H3. The Labute approximate surface area is 105 Å². The van der Waals surface area contributed by atoms with Crippen LogP contribution in [0.25, 0.3) is 0 Å². The zero-order valence-electron chi connectivity index (χ0n) is 9.33. The van der Waals surface area contributed by atoms with Crippen molar-refractivity contribution in [1.29, 1.82) is 0 Å². The summed E-state index contributed by atoms with van der Waals surface area (Å²) in [5.74, 6) is 0.0942. The van der Waals surface area contributed by atoms with Gasteiger partial charge in [0, 0.05) is 23.1 Å². The van der Waals surface area contributed by atoms with E-state index in [0.29, 0.717) is 0 Å². The van der Waals surface area contributed by atoms with Crippen molar-refractivity contribution in [1.82, 2.24) is 4.90 Å². The van der Waals surface area contributed by atoms with Crippen molar-refractivity contribution in [2.75, 3.05) is 7.05 Å². The molecular formula is C12H16INO. The molecule has 2 nitrogen and oxygen atoms in total. The van der Waals surface area contributed by atoms with Crippen molar-refractivity contribution in [3.05, 3.63) is 35.4 Å². The summed E-state index contributed by atoms with van der Waals surface area (Å²) in [6.07, 6.45) is 0. The van der Waals surface area contributed by atoms with Crippen molar-refractivity contribution >= 4 is 28.5 Å². The van der Waals surface area contributed by atoms with Gasteiger partial charge in [-0.05, 0) is 31.5 Å². The van der Waals surface area contributed by atoms with Gasteiger partial charge in [-0.2, -0.15) is 0 Å². The molecule has 0 aliphatic carbocycles. The van der Waals surface area contributed by atoms with Gasteiger partial charge in [-0.25, -0.2) is 0 Å². The highest BCUT2D eigenvalue weighted by Crippen LogP contribution is 2.11. The third-order valence-electron chi connectivity index (χ3n) is 2.42. The normalized spacial score (nSPS) is 10.5. The molecule has 0 fully saturated rings. The minimum atomic E-state index is 0.0942. The fourth-order valence-corrected chi connectivity index (χ4v) is 1.70. The fraction of sp³-hybridized carbons (Fsp3) is 0.417. The maximum Gasteiger partial charge on any atom is 0.253 e. The molecule has 1 rings (SSSR count). The number of halogens is 1. The molecule has 0 aliphatic heterocycles. The quantitative estimate of drug-likeness (QED) is 0.620. The summed E-state index contributed by atoms with van der Waals surface area (Å²) in [4.78, 5) is 13.7. The lowest BCUT2D eigenvalue weighted by atomic mass is 10.1. The van der Waals surface area contributed by atoms with E-state index in [1.807, 2.05) is 45.2 Å². The number of carbonyl (C=O) groups excluding carboxylic acids is 1. The van der Waals surface area contributed by atoms with Crippen molar-refractivity contribution in [3.63, 3.8) is 0 Å². The summed E-state index contributed by atoms with van der Waals surface area (Å²) in [6.45, 7) is 4.03. The molecule has 0 spiro atoms. The molecule has 0 aliphatic rings. The first-order valence-electron chi connectivity index (χ1n) is 4.98. The van der Waals surface area contributed by atoms with Crippen LogP contribution < -0.4 is 0 Å². The lowest BCUT2D eigenvalue weighted by molar-refractivity contribution is 0.0755. The van der Waals surface area contributed by atoms with E-state index in [0.717, 1.165) is 9.99 Å². The number of hydrogen-bond donors (Lipinski definition) is 0. The molecule has 0 saturated heterocycles. The minimum Gasteiger partial charge on any atom is -0.339 e. The second kappa shape index (κ2) is 5.49. The van der Waals surface area contributed by atoms with Crippen molar-refractivity contribution in [2.45, 2.75) is 24.3 Å². The first kappa shape index (κ1) is 12.5. The van der Waals surface area contributed by atoms with Gasteiger partial charge in [0.05, 0.1) is 0 Å². The van der Waals surface area contributed by atoms with E-state index in [1.54, 1.807) is 4.90 Å². The van der Waals surface area contributed by atoms with E-state index < -0.39 is 0 Å². The lowest BCUT2D eigenvalue weighted by Crippen LogP contribution is -2.32. The number of nitrogens with zero attached hydrogens (tertiary/aromatic N) is 1. The number of hydrogen-bond acceptors (Lipinski definition) is 1. The van der Waals surface area contributed by atoms with Gasteiger partial charge in [-0.15, -0.1) is 0 Å². The maximum absolute atomic E-state index is 12.0. The zero-order valence-corrected chi connectivity index (χ0v) is 11.5. The third kappa shape index (κ3) is 3.19. The highest BCUT2D eigenvalue weighted by Gasteiger charge is 2.13. The van der Waals surface area contributed by atoms with Crippen LogP contribution in [0.4, 0.5) is 0 Å². The Morgan fingerprint density at radius 2 is 2.13 bits per heavy atom. The predicted molar refractivity (Wildman–Crippen MR) is 71.4 cm³/mol. The van der Waals surface area contributed by atoms with Crippen molar-refractivity contribution < 1.29 is 4.79 Å². The minimum absolute atomic E-state index is 0.0942. The number of amides is 1. The summed E-state index contributed by atoms with van der Waals surface area (Å²) in [7, 11) is 1.84. The van der Waals surface area contributed by atoms with Crippen LogP contribution in [0.15, 0.2) is 24.3 Å². The Morgan fingerprint density at radius 3 is 2.67 bits per heavy atom. The molecule has 1 aromatic rings. The Bertz CT molecular complexity index is 349. The first-order chi connectivity index (χ1) is 7.06. The smallest absolute Gasteiger partial charge is 0.253 e. The van der Waals surface area contributed by atoms with Gasteiger partial charge in [0.15, 0.2) is 0 Å². The molecule has 0 N–H and O–H groups in total. The van der Waals surface area contributed by atoms with Gasteiger partial charge >= 0.3 is 0 Å². The highest BCUT2D eigenvalue weighted by atomic mass is 127. The summed E-state index contributed by atoms with van der Waals surface area (Å²) in [6, 6.07) is 8.05.